The number of carbonyl (C=O) groups is 1. The summed E-state index contributed by atoms with van der Waals surface area (Å²) in [5, 5.41) is 9.34. The summed E-state index contributed by atoms with van der Waals surface area (Å²) in [5.41, 5.74) is 4.37. The van der Waals surface area contributed by atoms with Crippen LogP contribution >= 0.6 is 15.9 Å². The summed E-state index contributed by atoms with van der Waals surface area (Å²) in [4.78, 5) is 11.9. The number of carbonyl (C=O) groups excluding carboxylic acids is 1. The Labute approximate surface area is 148 Å². The number of halogens is 1. The molecule has 0 aromatic heterocycles. The smallest absolute Gasteiger partial charge is 0.259 e. The maximum atomic E-state index is 11.9. The highest BCUT2D eigenvalue weighted by atomic mass is 79.9. The van der Waals surface area contributed by atoms with Crippen LogP contribution in [-0.2, 0) is 4.79 Å². The van der Waals surface area contributed by atoms with Crippen molar-refractivity contribution in [3.05, 3.63) is 76.8 Å². The fourth-order valence-electron chi connectivity index (χ4n) is 2.32. The van der Waals surface area contributed by atoms with Crippen LogP contribution in [0.1, 0.15) is 5.56 Å². The molecule has 0 saturated heterocycles. The van der Waals surface area contributed by atoms with Gasteiger partial charge in [0.1, 0.15) is 0 Å². The fraction of sp³-hybridized carbons (Fsp3) is 0.0526. The van der Waals surface area contributed by atoms with E-state index in [1.807, 2.05) is 66.7 Å². The van der Waals surface area contributed by atoms with E-state index < -0.39 is 0 Å². The molecular weight excluding hydrogens is 366 g/mol. The molecule has 0 saturated carbocycles. The van der Waals surface area contributed by atoms with Gasteiger partial charge in [0, 0.05) is 15.5 Å². The molecule has 2 N–H and O–H groups in total. The van der Waals surface area contributed by atoms with Crippen molar-refractivity contribution in [1.29, 1.82) is 0 Å². The summed E-state index contributed by atoms with van der Waals surface area (Å²) in [7, 11) is 0. The lowest BCUT2D eigenvalue weighted by Crippen LogP contribution is -2.25. The Kier molecular flexibility index (Phi) is 5.23. The van der Waals surface area contributed by atoms with E-state index in [1.54, 1.807) is 6.21 Å². The minimum atomic E-state index is -0.198. The SMILES string of the molecule is O=C(CNc1cccc2ccccc12)N/N=C\c1ccc(Br)cc1. The largest absolute Gasteiger partial charge is 0.376 e. The number of benzene rings is 3. The van der Waals surface area contributed by atoms with Crippen molar-refractivity contribution >= 4 is 44.5 Å². The highest BCUT2D eigenvalue weighted by Crippen LogP contribution is 2.22. The van der Waals surface area contributed by atoms with Crippen LogP contribution in [0.15, 0.2) is 76.3 Å². The third-order valence-corrected chi connectivity index (χ3v) is 4.03. The summed E-state index contributed by atoms with van der Waals surface area (Å²) >= 11 is 3.37. The van der Waals surface area contributed by atoms with Crippen LogP contribution in [0.5, 0.6) is 0 Å². The van der Waals surface area contributed by atoms with E-state index in [1.165, 1.54) is 0 Å². The van der Waals surface area contributed by atoms with Crippen LogP contribution in [0.25, 0.3) is 10.8 Å². The molecule has 4 nitrogen and oxygen atoms in total. The number of nitrogens with zero attached hydrogens (tertiary/aromatic N) is 1. The predicted molar refractivity (Wildman–Crippen MR) is 102 cm³/mol. The highest BCUT2D eigenvalue weighted by molar-refractivity contribution is 9.10. The van der Waals surface area contributed by atoms with Crippen molar-refractivity contribution in [2.24, 2.45) is 5.10 Å². The Morgan fingerprint density at radius 3 is 2.58 bits per heavy atom. The zero-order valence-corrected chi connectivity index (χ0v) is 14.5. The van der Waals surface area contributed by atoms with Crippen LogP contribution in [0.3, 0.4) is 0 Å². The van der Waals surface area contributed by atoms with Crippen molar-refractivity contribution in [2.45, 2.75) is 0 Å². The van der Waals surface area contributed by atoms with Gasteiger partial charge in [-0.15, -0.1) is 0 Å². The molecule has 0 unspecified atom stereocenters. The molecule has 0 radical (unpaired) electrons. The van der Waals surface area contributed by atoms with E-state index in [9.17, 15) is 4.79 Å². The molecule has 5 heteroatoms. The quantitative estimate of drug-likeness (QED) is 0.514. The zero-order chi connectivity index (χ0) is 16.8. The van der Waals surface area contributed by atoms with Crippen LogP contribution < -0.4 is 10.7 Å². The molecule has 0 aliphatic carbocycles. The number of hydrazone groups is 1. The van der Waals surface area contributed by atoms with Gasteiger partial charge in [-0.1, -0.05) is 64.5 Å². The summed E-state index contributed by atoms with van der Waals surface area (Å²) in [6.07, 6.45) is 1.61. The molecule has 120 valence electrons. The van der Waals surface area contributed by atoms with Crippen molar-refractivity contribution < 1.29 is 4.79 Å². The van der Waals surface area contributed by atoms with Crippen LogP contribution in [0.4, 0.5) is 5.69 Å². The molecule has 3 aromatic carbocycles. The molecule has 0 heterocycles. The third kappa shape index (κ3) is 4.20. The van der Waals surface area contributed by atoms with E-state index >= 15 is 0 Å². The van der Waals surface area contributed by atoms with Gasteiger partial charge >= 0.3 is 0 Å². The maximum Gasteiger partial charge on any atom is 0.259 e. The fourth-order valence-corrected chi connectivity index (χ4v) is 2.59. The highest BCUT2D eigenvalue weighted by Gasteiger charge is 2.02. The van der Waals surface area contributed by atoms with Gasteiger partial charge in [-0.2, -0.15) is 5.10 Å². The average molecular weight is 382 g/mol. The topological polar surface area (TPSA) is 53.5 Å². The lowest BCUT2D eigenvalue weighted by molar-refractivity contribution is -0.119. The van der Waals surface area contributed by atoms with Crippen LogP contribution in [0, 0.1) is 0 Å². The molecule has 3 rings (SSSR count). The minimum Gasteiger partial charge on any atom is -0.376 e. The molecular formula is C19H16BrN3O. The summed E-state index contributed by atoms with van der Waals surface area (Å²) in [6.45, 7) is 0.158. The summed E-state index contributed by atoms with van der Waals surface area (Å²) in [5.74, 6) is -0.198. The van der Waals surface area contributed by atoms with E-state index in [2.05, 4.69) is 31.8 Å². The molecule has 0 atom stereocenters. The number of anilines is 1. The lowest BCUT2D eigenvalue weighted by Gasteiger charge is -2.08. The molecule has 24 heavy (non-hydrogen) atoms. The molecule has 0 fully saturated rings. The summed E-state index contributed by atoms with van der Waals surface area (Å²) < 4.78 is 1.00. The first-order valence-corrected chi connectivity index (χ1v) is 8.31. The average Bonchev–Trinajstić information content (AvgIpc) is 2.61. The second-order valence-corrected chi connectivity index (χ2v) is 6.14. The Balaban J connectivity index is 1.56. The first-order chi connectivity index (χ1) is 11.7. The minimum absolute atomic E-state index is 0.158. The number of fused-ring (bicyclic) bond motifs is 1. The second kappa shape index (κ2) is 7.75. The standard InChI is InChI=1S/C19H16BrN3O/c20-16-10-8-14(9-11-16)12-22-23-19(24)13-21-18-7-3-5-15-4-1-2-6-17(15)18/h1-12,21H,13H2,(H,23,24)/b22-12-. The van der Waals surface area contributed by atoms with Gasteiger partial charge < -0.3 is 5.32 Å². The number of nitrogens with one attached hydrogen (secondary N) is 2. The van der Waals surface area contributed by atoms with Gasteiger partial charge in [0.25, 0.3) is 5.91 Å². The van der Waals surface area contributed by atoms with Gasteiger partial charge in [0.05, 0.1) is 12.8 Å². The van der Waals surface area contributed by atoms with Crippen LogP contribution in [0.2, 0.25) is 0 Å². The van der Waals surface area contributed by atoms with Gasteiger partial charge in [0.2, 0.25) is 0 Å². The van der Waals surface area contributed by atoms with E-state index in [4.69, 9.17) is 0 Å². The Hall–Kier alpha value is -2.66. The summed E-state index contributed by atoms with van der Waals surface area (Å²) in [6, 6.07) is 21.7. The third-order valence-electron chi connectivity index (χ3n) is 3.50. The molecule has 0 aliphatic rings. The van der Waals surface area contributed by atoms with Gasteiger partial charge in [-0.3, -0.25) is 4.79 Å². The molecule has 0 bridgehead atoms. The normalized spacial score (nSPS) is 10.9. The first-order valence-electron chi connectivity index (χ1n) is 7.51. The maximum absolute atomic E-state index is 11.9. The molecule has 0 spiro atoms. The second-order valence-electron chi connectivity index (χ2n) is 5.22. The Morgan fingerprint density at radius 1 is 1.00 bits per heavy atom. The number of hydrogen-bond acceptors (Lipinski definition) is 3. The number of amides is 1. The predicted octanol–water partition coefficient (Wildman–Crippen LogP) is 4.16. The van der Waals surface area contributed by atoms with E-state index in [-0.39, 0.29) is 12.5 Å². The molecule has 0 aliphatic heterocycles. The van der Waals surface area contributed by atoms with Crippen LogP contribution in [-0.4, -0.2) is 18.7 Å². The van der Waals surface area contributed by atoms with Gasteiger partial charge in [-0.25, -0.2) is 5.43 Å². The Bertz CT molecular complexity index is 870. The number of rotatable bonds is 5. The monoisotopic (exact) mass is 381 g/mol. The first kappa shape index (κ1) is 16.2. The van der Waals surface area contributed by atoms with E-state index in [0.717, 1.165) is 26.5 Å². The van der Waals surface area contributed by atoms with Crippen molar-refractivity contribution in [3.8, 4) is 0 Å². The van der Waals surface area contributed by atoms with Crippen molar-refractivity contribution in [1.82, 2.24) is 5.43 Å². The van der Waals surface area contributed by atoms with Crippen molar-refractivity contribution in [3.63, 3.8) is 0 Å². The van der Waals surface area contributed by atoms with Gasteiger partial charge in [-0.05, 0) is 29.1 Å². The lowest BCUT2D eigenvalue weighted by atomic mass is 10.1. The van der Waals surface area contributed by atoms with Gasteiger partial charge in [0.15, 0.2) is 0 Å². The zero-order valence-electron chi connectivity index (χ0n) is 12.9. The molecule has 3 aromatic rings. The molecule has 1 amide bonds. The van der Waals surface area contributed by atoms with E-state index in [0.29, 0.717) is 0 Å². The van der Waals surface area contributed by atoms with Crippen molar-refractivity contribution in [2.75, 3.05) is 11.9 Å². The number of hydrogen-bond donors (Lipinski definition) is 2. The Morgan fingerprint density at radius 2 is 1.75 bits per heavy atom.